The van der Waals surface area contributed by atoms with Crippen molar-refractivity contribution in [2.45, 2.75) is 24.8 Å². The highest BCUT2D eigenvalue weighted by Gasteiger charge is 2.45. The SMILES string of the molecule is Cc1ccc(S(=O)(=O)N2CC2c2cccc(C)c2)cc1. The first-order chi connectivity index (χ1) is 9.48. The van der Waals surface area contributed by atoms with Gasteiger partial charge >= 0.3 is 0 Å². The summed E-state index contributed by atoms with van der Waals surface area (Å²) >= 11 is 0. The Hall–Kier alpha value is -1.65. The molecule has 1 aliphatic heterocycles. The molecular formula is C16H17NO2S. The van der Waals surface area contributed by atoms with Gasteiger partial charge in [0.2, 0.25) is 10.0 Å². The Morgan fingerprint density at radius 1 is 1.00 bits per heavy atom. The molecule has 3 nitrogen and oxygen atoms in total. The van der Waals surface area contributed by atoms with Gasteiger partial charge in [-0.3, -0.25) is 0 Å². The van der Waals surface area contributed by atoms with Crippen molar-refractivity contribution in [2.75, 3.05) is 6.54 Å². The van der Waals surface area contributed by atoms with Crippen LogP contribution < -0.4 is 0 Å². The second kappa shape index (κ2) is 4.72. The highest BCUT2D eigenvalue weighted by atomic mass is 32.2. The molecule has 1 saturated heterocycles. The van der Waals surface area contributed by atoms with Gasteiger partial charge in [0.25, 0.3) is 0 Å². The molecule has 2 aromatic carbocycles. The van der Waals surface area contributed by atoms with E-state index in [1.165, 1.54) is 0 Å². The van der Waals surface area contributed by atoms with Crippen molar-refractivity contribution < 1.29 is 8.42 Å². The Morgan fingerprint density at radius 2 is 1.70 bits per heavy atom. The van der Waals surface area contributed by atoms with Crippen molar-refractivity contribution in [1.29, 1.82) is 0 Å². The van der Waals surface area contributed by atoms with Crippen LogP contribution in [0.2, 0.25) is 0 Å². The summed E-state index contributed by atoms with van der Waals surface area (Å²) in [6, 6.07) is 15.0. The molecule has 0 aliphatic carbocycles. The standard InChI is InChI=1S/C16H17NO2S/c1-12-6-8-15(9-7-12)20(18,19)17-11-16(17)14-5-3-4-13(2)10-14/h3-10,16H,11H2,1-2H3. The molecule has 20 heavy (non-hydrogen) atoms. The van der Waals surface area contributed by atoms with Gasteiger partial charge < -0.3 is 0 Å². The van der Waals surface area contributed by atoms with Crippen LogP contribution in [0.15, 0.2) is 53.4 Å². The molecule has 0 aromatic heterocycles. The second-order valence-corrected chi connectivity index (χ2v) is 7.21. The fourth-order valence-electron chi connectivity index (χ4n) is 2.38. The molecule has 1 fully saturated rings. The van der Waals surface area contributed by atoms with Gasteiger partial charge in [0, 0.05) is 6.54 Å². The van der Waals surface area contributed by atoms with E-state index in [2.05, 4.69) is 6.07 Å². The van der Waals surface area contributed by atoms with Crippen LogP contribution in [-0.4, -0.2) is 19.3 Å². The van der Waals surface area contributed by atoms with Crippen LogP contribution in [0.25, 0.3) is 0 Å². The third-order valence-electron chi connectivity index (χ3n) is 3.62. The number of benzene rings is 2. The maximum atomic E-state index is 12.5. The summed E-state index contributed by atoms with van der Waals surface area (Å²) < 4.78 is 26.5. The van der Waals surface area contributed by atoms with Crippen molar-refractivity contribution in [1.82, 2.24) is 4.31 Å². The van der Waals surface area contributed by atoms with Gasteiger partial charge in [-0.1, -0.05) is 47.5 Å². The molecule has 3 rings (SSSR count). The summed E-state index contributed by atoms with van der Waals surface area (Å²) in [5.74, 6) is 0. The van der Waals surface area contributed by atoms with Crippen molar-refractivity contribution in [3.05, 3.63) is 65.2 Å². The largest absolute Gasteiger partial charge is 0.243 e. The maximum Gasteiger partial charge on any atom is 0.243 e. The van der Waals surface area contributed by atoms with E-state index in [4.69, 9.17) is 0 Å². The summed E-state index contributed by atoms with van der Waals surface area (Å²) in [6.07, 6.45) is 0. The Bertz CT molecular complexity index is 735. The van der Waals surface area contributed by atoms with Crippen LogP contribution in [0.5, 0.6) is 0 Å². The lowest BCUT2D eigenvalue weighted by molar-refractivity contribution is 0.554. The molecule has 1 heterocycles. The van der Waals surface area contributed by atoms with Crippen LogP contribution in [0, 0.1) is 13.8 Å². The topological polar surface area (TPSA) is 37.1 Å². The number of aryl methyl sites for hydroxylation is 2. The Morgan fingerprint density at radius 3 is 2.35 bits per heavy atom. The molecule has 0 bridgehead atoms. The lowest BCUT2D eigenvalue weighted by Gasteiger charge is -2.07. The highest BCUT2D eigenvalue weighted by molar-refractivity contribution is 7.89. The first kappa shape index (κ1) is 13.3. The van der Waals surface area contributed by atoms with Gasteiger partial charge in [0.1, 0.15) is 0 Å². The first-order valence-corrected chi connectivity index (χ1v) is 8.07. The molecule has 0 amide bonds. The molecule has 0 saturated carbocycles. The molecule has 0 N–H and O–H groups in total. The van der Waals surface area contributed by atoms with E-state index in [-0.39, 0.29) is 6.04 Å². The Labute approximate surface area is 119 Å². The van der Waals surface area contributed by atoms with Gasteiger partial charge in [-0.15, -0.1) is 0 Å². The number of nitrogens with zero attached hydrogens (tertiary/aromatic N) is 1. The van der Waals surface area contributed by atoms with Gasteiger partial charge in [0.15, 0.2) is 0 Å². The van der Waals surface area contributed by atoms with E-state index in [9.17, 15) is 8.42 Å². The molecule has 0 spiro atoms. The number of hydrogen-bond donors (Lipinski definition) is 0. The fourth-order valence-corrected chi connectivity index (χ4v) is 3.93. The predicted octanol–water partition coefficient (Wildman–Crippen LogP) is 3.05. The van der Waals surface area contributed by atoms with Crippen LogP contribution >= 0.6 is 0 Å². The molecule has 2 atom stereocenters. The smallest absolute Gasteiger partial charge is 0.207 e. The maximum absolute atomic E-state index is 12.5. The van der Waals surface area contributed by atoms with Crippen molar-refractivity contribution >= 4 is 10.0 Å². The Balaban J connectivity index is 1.86. The normalized spacial score (nSPS) is 21.7. The van der Waals surface area contributed by atoms with Crippen LogP contribution in [0.1, 0.15) is 22.7 Å². The van der Waals surface area contributed by atoms with Crippen LogP contribution in [0.3, 0.4) is 0 Å². The summed E-state index contributed by atoms with van der Waals surface area (Å²) in [5, 5.41) is 0. The van der Waals surface area contributed by atoms with Crippen LogP contribution in [0.4, 0.5) is 0 Å². The summed E-state index contributed by atoms with van der Waals surface area (Å²) in [7, 11) is -3.36. The third-order valence-corrected chi connectivity index (χ3v) is 5.51. The average Bonchev–Trinajstić information content (AvgIpc) is 3.20. The third kappa shape index (κ3) is 2.37. The summed E-state index contributed by atoms with van der Waals surface area (Å²) in [5.41, 5.74) is 3.28. The second-order valence-electron chi connectivity index (χ2n) is 5.32. The predicted molar refractivity (Wildman–Crippen MR) is 79.0 cm³/mol. The summed E-state index contributed by atoms with van der Waals surface area (Å²) in [6.45, 7) is 4.54. The average molecular weight is 287 g/mol. The zero-order chi connectivity index (χ0) is 14.3. The quantitative estimate of drug-likeness (QED) is 0.814. The van der Waals surface area contributed by atoms with E-state index in [0.29, 0.717) is 11.4 Å². The molecule has 0 radical (unpaired) electrons. The lowest BCUT2D eigenvalue weighted by atomic mass is 10.1. The fraction of sp³-hybridized carbons (Fsp3) is 0.250. The van der Waals surface area contributed by atoms with Crippen LogP contribution in [-0.2, 0) is 10.0 Å². The minimum atomic E-state index is -3.36. The highest BCUT2D eigenvalue weighted by Crippen LogP contribution is 2.40. The number of rotatable bonds is 3. The van der Waals surface area contributed by atoms with Crippen molar-refractivity contribution in [2.24, 2.45) is 0 Å². The molecule has 2 unspecified atom stereocenters. The summed E-state index contributed by atoms with van der Waals surface area (Å²) in [4.78, 5) is 0.373. The minimum absolute atomic E-state index is 0.0128. The van der Waals surface area contributed by atoms with Gasteiger partial charge in [0.05, 0.1) is 10.9 Å². The van der Waals surface area contributed by atoms with Crippen molar-refractivity contribution in [3.63, 3.8) is 0 Å². The molecule has 104 valence electrons. The molecule has 2 aromatic rings. The Kier molecular flexibility index (Phi) is 3.15. The molecule has 1 aliphatic rings. The van der Waals surface area contributed by atoms with Crippen molar-refractivity contribution in [3.8, 4) is 0 Å². The number of hydrogen-bond acceptors (Lipinski definition) is 2. The van der Waals surface area contributed by atoms with E-state index >= 15 is 0 Å². The molecule has 4 heteroatoms. The zero-order valence-electron chi connectivity index (χ0n) is 11.6. The minimum Gasteiger partial charge on any atom is -0.207 e. The van der Waals surface area contributed by atoms with Gasteiger partial charge in [-0.2, -0.15) is 4.31 Å². The number of sulfonamides is 1. The van der Waals surface area contributed by atoms with E-state index in [0.717, 1.165) is 16.7 Å². The zero-order valence-corrected chi connectivity index (χ0v) is 12.4. The van der Waals surface area contributed by atoms with E-state index in [1.54, 1.807) is 16.4 Å². The lowest BCUT2D eigenvalue weighted by Crippen LogP contribution is -2.12. The van der Waals surface area contributed by atoms with Gasteiger partial charge in [-0.25, -0.2) is 8.42 Å². The molecular weight excluding hydrogens is 270 g/mol. The monoisotopic (exact) mass is 287 g/mol. The van der Waals surface area contributed by atoms with Gasteiger partial charge in [-0.05, 0) is 31.5 Å². The first-order valence-electron chi connectivity index (χ1n) is 6.63. The van der Waals surface area contributed by atoms with E-state index < -0.39 is 10.0 Å². The van der Waals surface area contributed by atoms with E-state index in [1.807, 2.05) is 44.2 Å².